The van der Waals surface area contributed by atoms with Crippen molar-refractivity contribution in [3.63, 3.8) is 0 Å². The predicted octanol–water partition coefficient (Wildman–Crippen LogP) is 1.77. The lowest BCUT2D eigenvalue weighted by atomic mass is 9.98. The van der Waals surface area contributed by atoms with Crippen LogP contribution in [0.4, 0.5) is 4.79 Å². The van der Waals surface area contributed by atoms with Crippen molar-refractivity contribution in [1.82, 2.24) is 15.1 Å². The van der Waals surface area contributed by atoms with Gasteiger partial charge >= 0.3 is 6.03 Å². The van der Waals surface area contributed by atoms with Crippen LogP contribution in [-0.4, -0.2) is 55.6 Å². The number of piperidine rings is 2. The topological polar surface area (TPSA) is 35.6 Å². The summed E-state index contributed by atoms with van der Waals surface area (Å²) in [5.74, 6) is 1.42. The molecule has 2 aliphatic rings. The van der Waals surface area contributed by atoms with Gasteiger partial charge in [-0.25, -0.2) is 4.79 Å². The Bertz CT molecular complexity index is 268. The van der Waals surface area contributed by atoms with E-state index in [0.29, 0.717) is 5.92 Å². The number of urea groups is 1. The summed E-state index contributed by atoms with van der Waals surface area (Å²) in [7, 11) is 1.95. The number of amides is 2. The molecule has 4 nitrogen and oxygen atoms in total. The Kier molecular flexibility index (Phi) is 4.87. The van der Waals surface area contributed by atoms with E-state index in [9.17, 15) is 4.79 Å². The van der Waals surface area contributed by atoms with E-state index in [4.69, 9.17) is 0 Å². The van der Waals surface area contributed by atoms with Crippen molar-refractivity contribution in [2.75, 3.05) is 39.8 Å². The van der Waals surface area contributed by atoms with Gasteiger partial charge in [0.25, 0.3) is 0 Å². The molecule has 104 valence electrons. The standard InChI is InChI=1S/C14H27N3O/c1-12-5-8-17(9-6-12)14(18)16(2)11-13-4-3-7-15-10-13/h12-13,15H,3-11H2,1-2H3. The third-order valence-corrected chi connectivity index (χ3v) is 4.31. The second kappa shape index (κ2) is 6.41. The fourth-order valence-electron chi connectivity index (χ4n) is 2.99. The van der Waals surface area contributed by atoms with Gasteiger partial charge in [0, 0.05) is 26.7 Å². The minimum absolute atomic E-state index is 0.229. The molecule has 0 aromatic heterocycles. The molecule has 2 amide bonds. The maximum atomic E-state index is 12.3. The van der Waals surface area contributed by atoms with E-state index < -0.39 is 0 Å². The molecule has 0 aromatic carbocycles. The second-order valence-corrected chi connectivity index (χ2v) is 6.05. The maximum absolute atomic E-state index is 12.3. The third kappa shape index (κ3) is 3.61. The van der Waals surface area contributed by atoms with Crippen molar-refractivity contribution < 1.29 is 4.79 Å². The quantitative estimate of drug-likeness (QED) is 0.814. The Morgan fingerprint density at radius 1 is 1.33 bits per heavy atom. The predicted molar refractivity (Wildman–Crippen MR) is 73.6 cm³/mol. The smallest absolute Gasteiger partial charge is 0.319 e. The molecule has 18 heavy (non-hydrogen) atoms. The molecular formula is C14H27N3O. The van der Waals surface area contributed by atoms with Crippen LogP contribution < -0.4 is 5.32 Å². The van der Waals surface area contributed by atoms with Crippen molar-refractivity contribution in [2.45, 2.75) is 32.6 Å². The van der Waals surface area contributed by atoms with Crippen LogP contribution in [0, 0.1) is 11.8 Å². The number of likely N-dealkylation sites (tertiary alicyclic amines) is 1. The fraction of sp³-hybridized carbons (Fsp3) is 0.929. The van der Waals surface area contributed by atoms with E-state index in [1.165, 1.54) is 12.8 Å². The summed E-state index contributed by atoms with van der Waals surface area (Å²) in [4.78, 5) is 16.3. The normalized spacial score (nSPS) is 26.1. The Morgan fingerprint density at radius 3 is 2.67 bits per heavy atom. The minimum Gasteiger partial charge on any atom is -0.327 e. The summed E-state index contributed by atoms with van der Waals surface area (Å²) in [5, 5.41) is 3.41. The average molecular weight is 253 g/mol. The number of nitrogens with one attached hydrogen (secondary N) is 1. The van der Waals surface area contributed by atoms with Gasteiger partial charge in [-0.1, -0.05) is 6.92 Å². The molecule has 0 radical (unpaired) electrons. The minimum atomic E-state index is 0.229. The van der Waals surface area contributed by atoms with Gasteiger partial charge in [-0.3, -0.25) is 0 Å². The average Bonchev–Trinajstić information content (AvgIpc) is 2.40. The Morgan fingerprint density at radius 2 is 2.06 bits per heavy atom. The lowest BCUT2D eigenvalue weighted by molar-refractivity contribution is 0.135. The second-order valence-electron chi connectivity index (χ2n) is 6.05. The molecule has 2 aliphatic heterocycles. The van der Waals surface area contributed by atoms with Gasteiger partial charge in [-0.15, -0.1) is 0 Å². The van der Waals surface area contributed by atoms with Crippen LogP contribution in [0.25, 0.3) is 0 Å². The van der Waals surface area contributed by atoms with Crippen molar-refractivity contribution in [1.29, 1.82) is 0 Å². The number of rotatable bonds is 2. The highest BCUT2D eigenvalue weighted by atomic mass is 16.2. The van der Waals surface area contributed by atoms with Gasteiger partial charge in [0.05, 0.1) is 0 Å². The summed E-state index contributed by atoms with van der Waals surface area (Å²) >= 11 is 0. The van der Waals surface area contributed by atoms with E-state index in [1.807, 2.05) is 16.8 Å². The van der Waals surface area contributed by atoms with Gasteiger partial charge in [-0.05, 0) is 50.6 Å². The zero-order valence-electron chi connectivity index (χ0n) is 11.8. The summed E-state index contributed by atoms with van der Waals surface area (Å²) < 4.78 is 0. The largest absolute Gasteiger partial charge is 0.327 e. The van der Waals surface area contributed by atoms with Crippen molar-refractivity contribution in [2.24, 2.45) is 11.8 Å². The van der Waals surface area contributed by atoms with Gasteiger partial charge in [0.1, 0.15) is 0 Å². The molecule has 0 aromatic rings. The van der Waals surface area contributed by atoms with Crippen LogP contribution in [0.15, 0.2) is 0 Å². The van der Waals surface area contributed by atoms with Crippen molar-refractivity contribution in [3.05, 3.63) is 0 Å². The highest BCUT2D eigenvalue weighted by molar-refractivity contribution is 5.74. The van der Waals surface area contributed by atoms with E-state index >= 15 is 0 Å². The monoisotopic (exact) mass is 253 g/mol. The zero-order chi connectivity index (χ0) is 13.0. The molecule has 0 saturated carbocycles. The van der Waals surface area contributed by atoms with E-state index in [-0.39, 0.29) is 6.03 Å². The lowest BCUT2D eigenvalue weighted by Gasteiger charge is -2.35. The molecular weight excluding hydrogens is 226 g/mol. The Balaban J connectivity index is 1.77. The molecule has 4 heteroatoms. The first-order valence-electron chi connectivity index (χ1n) is 7.37. The first kappa shape index (κ1) is 13.7. The molecule has 0 aliphatic carbocycles. The van der Waals surface area contributed by atoms with E-state index in [0.717, 1.165) is 51.5 Å². The van der Waals surface area contributed by atoms with Crippen LogP contribution >= 0.6 is 0 Å². The molecule has 2 fully saturated rings. The van der Waals surface area contributed by atoms with Crippen molar-refractivity contribution >= 4 is 6.03 Å². The van der Waals surface area contributed by atoms with Crippen LogP contribution in [0.3, 0.4) is 0 Å². The molecule has 2 rings (SSSR count). The van der Waals surface area contributed by atoms with Gasteiger partial charge < -0.3 is 15.1 Å². The lowest BCUT2D eigenvalue weighted by Crippen LogP contribution is -2.47. The summed E-state index contributed by atoms with van der Waals surface area (Å²) in [6, 6.07) is 0.229. The Hall–Kier alpha value is -0.770. The van der Waals surface area contributed by atoms with Crippen LogP contribution in [-0.2, 0) is 0 Å². The number of nitrogens with zero attached hydrogens (tertiary/aromatic N) is 2. The number of hydrogen-bond acceptors (Lipinski definition) is 2. The molecule has 1 N–H and O–H groups in total. The molecule has 1 unspecified atom stereocenters. The van der Waals surface area contributed by atoms with Gasteiger partial charge in [0.15, 0.2) is 0 Å². The van der Waals surface area contributed by atoms with Gasteiger partial charge in [0.2, 0.25) is 0 Å². The molecule has 2 saturated heterocycles. The number of hydrogen-bond donors (Lipinski definition) is 1. The third-order valence-electron chi connectivity index (χ3n) is 4.31. The first-order chi connectivity index (χ1) is 8.66. The fourth-order valence-corrected chi connectivity index (χ4v) is 2.99. The molecule has 2 heterocycles. The van der Waals surface area contributed by atoms with Crippen LogP contribution in [0.2, 0.25) is 0 Å². The zero-order valence-corrected chi connectivity index (χ0v) is 11.8. The molecule has 0 spiro atoms. The number of carbonyl (C=O) groups excluding carboxylic acids is 1. The van der Waals surface area contributed by atoms with E-state index in [1.54, 1.807) is 0 Å². The van der Waals surface area contributed by atoms with E-state index in [2.05, 4.69) is 12.2 Å². The maximum Gasteiger partial charge on any atom is 0.319 e. The van der Waals surface area contributed by atoms with Crippen molar-refractivity contribution in [3.8, 4) is 0 Å². The summed E-state index contributed by atoms with van der Waals surface area (Å²) in [6.45, 7) is 7.25. The summed E-state index contributed by atoms with van der Waals surface area (Å²) in [6.07, 6.45) is 4.81. The van der Waals surface area contributed by atoms with Crippen LogP contribution in [0.5, 0.6) is 0 Å². The molecule has 1 atom stereocenters. The molecule has 0 bridgehead atoms. The Labute approximate surface area is 111 Å². The summed E-state index contributed by atoms with van der Waals surface area (Å²) in [5.41, 5.74) is 0. The highest BCUT2D eigenvalue weighted by Gasteiger charge is 2.24. The number of carbonyl (C=O) groups is 1. The van der Waals surface area contributed by atoms with Crippen LogP contribution in [0.1, 0.15) is 32.6 Å². The first-order valence-corrected chi connectivity index (χ1v) is 7.37. The highest BCUT2D eigenvalue weighted by Crippen LogP contribution is 2.18. The SMILES string of the molecule is CC1CCN(C(=O)N(C)CC2CCCNC2)CC1. The van der Waals surface area contributed by atoms with Gasteiger partial charge in [-0.2, -0.15) is 0 Å².